The maximum absolute atomic E-state index is 12.9. The summed E-state index contributed by atoms with van der Waals surface area (Å²) in [4.78, 5) is 14.7. The van der Waals surface area contributed by atoms with Crippen molar-refractivity contribution in [1.82, 2.24) is 4.98 Å². The lowest BCUT2D eigenvalue weighted by atomic mass is 9.94. The zero-order chi connectivity index (χ0) is 17.9. The first-order valence-corrected chi connectivity index (χ1v) is 6.60. The van der Waals surface area contributed by atoms with E-state index in [2.05, 4.69) is 4.98 Å². The van der Waals surface area contributed by atoms with Gasteiger partial charge in [0.2, 0.25) is 0 Å². The number of hydrogen-bond acceptors (Lipinski definition) is 6. The summed E-state index contributed by atoms with van der Waals surface area (Å²) in [5.41, 5.74) is -2.61. The van der Waals surface area contributed by atoms with Gasteiger partial charge in [-0.05, 0) is 12.1 Å². The molecule has 24 heavy (non-hydrogen) atoms. The zero-order valence-electron chi connectivity index (χ0n) is 12.1. The van der Waals surface area contributed by atoms with Crippen LogP contribution in [-0.2, 0) is 12.1 Å². The molecule has 0 atom stereocenters. The van der Waals surface area contributed by atoms with Gasteiger partial charge in [0.15, 0.2) is 0 Å². The van der Waals surface area contributed by atoms with E-state index in [0.717, 1.165) is 17.0 Å². The topological polar surface area (TPSA) is 99.7 Å². The number of aliphatic hydroxyl groups is 2. The van der Waals surface area contributed by atoms with Crippen molar-refractivity contribution in [3.8, 4) is 11.3 Å². The van der Waals surface area contributed by atoms with Gasteiger partial charge < -0.3 is 15.1 Å². The molecule has 0 aliphatic carbocycles. The summed E-state index contributed by atoms with van der Waals surface area (Å²) in [6, 6.07) is 5.25. The van der Waals surface area contributed by atoms with E-state index in [-0.39, 0.29) is 22.5 Å². The molecule has 0 spiro atoms. The molecular formula is C14H10F3N3O4. The van der Waals surface area contributed by atoms with Crippen molar-refractivity contribution in [3.63, 3.8) is 0 Å². The van der Waals surface area contributed by atoms with Gasteiger partial charge in [-0.15, -0.1) is 0 Å². The van der Waals surface area contributed by atoms with E-state index in [1.165, 1.54) is 19.2 Å². The molecule has 2 N–H and O–H groups in total. The summed E-state index contributed by atoms with van der Waals surface area (Å²) in [5.74, 6) is -2.74. The van der Waals surface area contributed by atoms with Crippen LogP contribution in [0.2, 0.25) is 0 Å². The van der Waals surface area contributed by atoms with Crippen molar-refractivity contribution in [3.05, 3.63) is 51.7 Å². The van der Waals surface area contributed by atoms with Crippen molar-refractivity contribution < 1.29 is 28.3 Å². The summed E-state index contributed by atoms with van der Waals surface area (Å²) in [7, 11) is 1.19. The lowest BCUT2D eigenvalue weighted by Crippen LogP contribution is -2.47. The van der Waals surface area contributed by atoms with Gasteiger partial charge in [-0.25, -0.2) is 4.98 Å². The SMILES string of the molecule is CN1c2c(cccc2[N+](=O)[O-])-c2nc(C(F)(F)F)ccc2C1(O)O. The van der Waals surface area contributed by atoms with Crippen molar-refractivity contribution in [2.45, 2.75) is 12.1 Å². The number of fused-ring (bicyclic) bond motifs is 3. The Morgan fingerprint density at radius 2 is 1.92 bits per heavy atom. The highest BCUT2D eigenvalue weighted by molar-refractivity contribution is 5.88. The third-order valence-electron chi connectivity index (χ3n) is 3.82. The highest BCUT2D eigenvalue weighted by Gasteiger charge is 2.45. The second-order valence-corrected chi connectivity index (χ2v) is 5.22. The third-order valence-corrected chi connectivity index (χ3v) is 3.82. The molecule has 1 aromatic carbocycles. The van der Waals surface area contributed by atoms with Crippen molar-refractivity contribution in [1.29, 1.82) is 0 Å². The van der Waals surface area contributed by atoms with Crippen LogP contribution in [0.4, 0.5) is 24.5 Å². The molecule has 2 aromatic rings. The Bertz CT molecular complexity index is 852. The number of aromatic nitrogens is 1. The first-order valence-electron chi connectivity index (χ1n) is 6.60. The van der Waals surface area contributed by atoms with Gasteiger partial charge in [0, 0.05) is 18.7 Å². The van der Waals surface area contributed by atoms with Gasteiger partial charge in [0.25, 0.3) is 11.6 Å². The minimum absolute atomic E-state index is 0.00604. The van der Waals surface area contributed by atoms with Gasteiger partial charge in [-0.1, -0.05) is 12.1 Å². The maximum Gasteiger partial charge on any atom is 0.433 e. The monoisotopic (exact) mass is 341 g/mol. The first kappa shape index (κ1) is 16.1. The Kier molecular flexibility index (Phi) is 3.29. The minimum atomic E-state index is -4.74. The second kappa shape index (κ2) is 4.89. The molecule has 0 saturated heterocycles. The third kappa shape index (κ3) is 2.19. The van der Waals surface area contributed by atoms with Gasteiger partial charge >= 0.3 is 6.18 Å². The van der Waals surface area contributed by atoms with Crippen LogP contribution in [0.15, 0.2) is 30.3 Å². The molecule has 1 aliphatic heterocycles. The molecule has 126 valence electrons. The summed E-state index contributed by atoms with van der Waals surface area (Å²) >= 11 is 0. The van der Waals surface area contributed by atoms with Crippen LogP contribution in [0.1, 0.15) is 11.3 Å². The van der Waals surface area contributed by atoms with Gasteiger partial charge in [-0.2, -0.15) is 13.2 Å². The Morgan fingerprint density at radius 3 is 2.50 bits per heavy atom. The highest BCUT2D eigenvalue weighted by Crippen LogP contribution is 2.48. The molecule has 1 aromatic heterocycles. The van der Waals surface area contributed by atoms with Gasteiger partial charge in [0.1, 0.15) is 11.4 Å². The number of pyridine rings is 1. The molecule has 7 nitrogen and oxygen atoms in total. The van der Waals surface area contributed by atoms with Crippen molar-refractivity contribution in [2.75, 3.05) is 11.9 Å². The predicted molar refractivity (Wildman–Crippen MR) is 75.8 cm³/mol. The average Bonchev–Trinajstić information content (AvgIpc) is 2.50. The Labute approximate surface area is 132 Å². The number of nitro groups is 1. The van der Waals surface area contributed by atoms with Gasteiger partial charge in [-0.3, -0.25) is 10.1 Å². The number of nitrogens with zero attached hydrogens (tertiary/aromatic N) is 3. The molecule has 0 fully saturated rings. The van der Waals surface area contributed by atoms with Crippen LogP contribution >= 0.6 is 0 Å². The quantitative estimate of drug-likeness (QED) is 0.469. The standard InChI is InChI=1S/C14H10F3N3O4/c1-19-12-7(3-2-4-9(12)20(23)24)11-8(14(19,21)22)5-6-10(18-11)13(15,16)17/h2-6,21-22H,1H3. The number of rotatable bonds is 1. The smallest absolute Gasteiger partial charge is 0.345 e. The Hall–Kier alpha value is -2.72. The van der Waals surface area contributed by atoms with Crippen LogP contribution < -0.4 is 4.90 Å². The molecule has 10 heteroatoms. The van der Waals surface area contributed by atoms with Crippen LogP contribution in [0.3, 0.4) is 0 Å². The number of hydrogen-bond donors (Lipinski definition) is 2. The molecule has 2 heterocycles. The average molecular weight is 341 g/mol. The van der Waals surface area contributed by atoms with Crippen LogP contribution in [-0.4, -0.2) is 27.2 Å². The van der Waals surface area contributed by atoms with E-state index < -0.39 is 28.4 Å². The largest absolute Gasteiger partial charge is 0.433 e. The maximum atomic E-state index is 12.9. The highest BCUT2D eigenvalue weighted by atomic mass is 19.4. The number of nitro benzene ring substituents is 1. The van der Waals surface area contributed by atoms with E-state index in [0.29, 0.717) is 6.07 Å². The van der Waals surface area contributed by atoms with E-state index in [4.69, 9.17) is 0 Å². The van der Waals surface area contributed by atoms with E-state index >= 15 is 0 Å². The second-order valence-electron chi connectivity index (χ2n) is 5.22. The van der Waals surface area contributed by atoms with Crippen LogP contribution in [0.25, 0.3) is 11.3 Å². The molecular weight excluding hydrogens is 331 g/mol. The Morgan fingerprint density at radius 1 is 1.25 bits per heavy atom. The molecule has 1 aliphatic rings. The lowest BCUT2D eigenvalue weighted by molar-refractivity contribution is -0.384. The number of halogens is 3. The molecule has 0 saturated carbocycles. The number of anilines is 1. The summed E-state index contributed by atoms with van der Waals surface area (Å²) in [6.07, 6.45) is -4.74. The molecule has 3 rings (SSSR count). The summed E-state index contributed by atoms with van der Waals surface area (Å²) < 4.78 is 38.7. The fourth-order valence-corrected chi connectivity index (χ4v) is 2.65. The number of benzene rings is 1. The number of alkyl halides is 3. The molecule has 0 radical (unpaired) electrons. The molecule has 0 amide bonds. The predicted octanol–water partition coefficient (Wildman–Crippen LogP) is 2.22. The Balaban J connectivity index is 2.38. The van der Waals surface area contributed by atoms with Crippen LogP contribution in [0.5, 0.6) is 0 Å². The zero-order valence-corrected chi connectivity index (χ0v) is 12.1. The van der Waals surface area contributed by atoms with Crippen LogP contribution in [0, 0.1) is 10.1 Å². The van der Waals surface area contributed by atoms with E-state index in [1.807, 2.05) is 0 Å². The number of para-hydroxylation sites is 1. The normalized spacial score (nSPS) is 15.7. The fraction of sp³-hybridized carbons (Fsp3) is 0.214. The first-order chi connectivity index (χ1) is 11.0. The van der Waals surface area contributed by atoms with E-state index in [1.54, 1.807) is 0 Å². The molecule has 0 unspecified atom stereocenters. The summed E-state index contributed by atoms with van der Waals surface area (Å²) in [6.45, 7) is 0. The fourth-order valence-electron chi connectivity index (χ4n) is 2.65. The van der Waals surface area contributed by atoms with Crippen molar-refractivity contribution >= 4 is 11.4 Å². The summed E-state index contributed by atoms with van der Waals surface area (Å²) in [5, 5.41) is 31.7. The molecule has 0 bridgehead atoms. The minimum Gasteiger partial charge on any atom is -0.345 e. The van der Waals surface area contributed by atoms with E-state index in [9.17, 15) is 33.5 Å². The van der Waals surface area contributed by atoms with Gasteiger partial charge in [0.05, 0.1) is 16.2 Å². The lowest BCUT2D eigenvalue weighted by Gasteiger charge is -2.39. The van der Waals surface area contributed by atoms with Crippen molar-refractivity contribution in [2.24, 2.45) is 0 Å².